The number of imidazole rings is 1. The van der Waals surface area contributed by atoms with Crippen molar-refractivity contribution in [3.05, 3.63) is 30.0 Å². The number of methoxy groups -OCH3 is 1. The second-order valence-corrected chi connectivity index (χ2v) is 6.37. The molecule has 2 aromatic heterocycles. The molecule has 1 N–H and O–H groups in total. The summed E-state index contributed by atoms with van der Waals surface area (Å²) < 4.78 is 12.2. The molecule has 2 aromatic rings. The Morgan fingerprint density at radius 2 is 2.23 bits per heavy atom. The number of ether oxygens (including phenoxy) is 1. The van der Waals surface area contributed by atoms with Crippen molar-refractivity contribution in [2.45, 2.75) is 25.0 Å². The van der Waals surface area contributed by atoms with Gasteiger partial charge in [-0.3, -0.25) is 14.5 Å². The van der Waals surface area contributed by atoms with Crippen LogP contribution in [0, 0.1) is 0 Å². The molecule has 4 rings (SSSR count). The van der Waals surface area contributed by atoms with E-state index in [1.54, 1.807) is 0 Å². The Morgan fingerprint density at radius 1 is 1.46 bits per heavy atom. The van der Waals surface area contributed by atoms with Crippen LogP contribution in [0.4, 0.5) is 0 Å². The van der Waals surface area contributed by atoms with Gasteiger partial charge in [-0.05, 0) is 18.6 Å². The van der Waals surface area contributed by atoms with Gasteiger partial charge < -0.3 is 23.8 Å². The lowest BCUT2D eigenvalue weighted by Gasteiger charge is -2.42. The van der Waals surface area contributed by atoms with Crippen molar-refractivity contribution in [2.75, 3.05) is 27.2 Å². The van der Waals surface area contributed by atoms with E-state index in [-0.39, 0.29) is 23.7 Å². The normalized spacial score (nSPS) is 21.8. The van der Waals surface area contributed by atoms with Gasteiger partial charge in [-0.25, -0.2) is 4.98 Å². The number of carbonyl (C=O) groups is 2. The number of aromatic nitrogens is 3. The highest BCUT2D eigenvalue weighted by Gasteiger charge is 2.46. The number of carbonyl (C=O) groups excluding carboxylic acids is 1. The molecule has 10 nitrogen and oxygen atoms in total. The number of likely N-dealkylation sites (N-methyl/N-ethyl adjacent to an activating group) is 1. The van der Waals surface area contributed by atoms with E-state index in [0.717, 1.165) is 25.3 Å². The number of fused-ring (bicyclic) bond motifs is 1. The Bertz CT molecular complexity index is 788. The lowest BCUT2D eigenvalue weighted by molar-refractivity contribution is -0.122. The summed E-state index contributed by atoms with van der Waals surface area (Å²) in [6, 6.07) is 1.53. The molecule has 26 heavy (non-hydrogen) atoms. The van der Waals surface area contributed by atoms with Crippen LogP contribution in [0.2, 0.25) is 0 Å². The average Bonchev–Trinajstić information content (AvgIpc) is 3.36. The van der Waals surface area contributed by atoms with Crippen molar-refractivity contribution < 1.29 is 24.0 Å². The van der Waals surface area contributed by atoms with E-state index in [0.29, 0.717) is 19.0 Å². The monoisotopic (exact) mass is 363 g/mol. The fraction of sp³-hybridized carbons (Fsp3) is 0.500. The predicted octanol–water partition coefficient (Wildman–Crippen LogP) is 0.311. The van der Waals surface area contributed by atoms with E-state index in [4.69, 9.17) is 19.2 Å². The Labute approximate surface area is 149 Å². The molecule has 0 bridgehead atoms. The molecule has 0 radical (unpaired) electrons. The van der Waals surface area contributed by atoms with Gasteiger partial charge in [-0.15, -0.1) is 0 Å². The van der Waals surface area contributed by atoms with E-state index in [2.05, 4.69) is 26.7 Å². The molecule has 0 aromatic carbocycles. The van der Waals surface area contributed by atoms with Crippen molar-refractivity contribution in [1.29, 1.82) is 0 Å². The zero-order valence-corrected chi connectivity index (χ0v) is 14.7. The second-order valence-electron chi connectivity index (χ2n) is 6.37. The van der Waals surface area contributed by atoms with Gasteiger partial charge in [0.15, 0.2) is 0 Å². The van der Waals surface area contributed by atoms with Crippen LogP contribution in [-0.2, 0) is 17.9 Å². The van der Waals surface area contributed by atoms with Gasteiger partial charge in [0.25, 0.3) is 18.3 Å². The van der Waals surface area contributed by atoms with Crippen LogP contribution in [0.25, 0.3) is 0 Å². The maximum atomic E-state index is 12.6. The van der Waals surface area contributed by atoms with Crippen LogP contribution < -0.4 is 4.74 Å². The number of hydrogen-bond acceptors (Lipinski definition) is 7. The van der Waals surface area contributed by atoms with Crippen LogP contribution in [0.15, 0.2) is 23.0 Å². The quantitative estimate of drug-likeness (QED) is 0.759. The van der Waals surface area contributed by atoms with E-state index in [9.17, 15) is 4.79 Å². The minimum atomic E-state index is -0.250. The van der Waals surface area contributed by atoms with Crippen molar-refractivity contribution in [3.63, 3.8) is 0 Å². The van der Waals surface area contributed by atoms with Crippen molar-refractivity contribution in [1.82, 2.24) is 24.5 Å². The largest absolute Gasteiger partial charge is 0.483 e. The maximum Gasteiger partial charge on any atom is 0.292 e. The molecular weight excluding hydrogens is 342 g/mol. The number of amides is 1. The molecular formula is C16H21N5O5. The molecule has 10 heteroatoms. The SMILES string of the molecule is COc1cc(C(=O)N2CCC3(C2)Cn2ccnc2CN3C)on1.O=CO. The predicted molar refractivity (Wildman–Crippen MR) is 88.7 cm³/mol. The Kier molecular flexibility index (Phi) is 4.94. The number of rotatable bonds is 2. The Morgan fingerprint density at radius 3 is 2.92 bits per heavy atom. The second kappa shape index (κ2) is 7.16. The Balaban J connectivity index is 0.000000613. The average molecular weight is 363 g/mol. The summed E-state index contributed by atoms with van der Waals surface area (Å²) in [5, 5.41) is 10.6. The van der Waals surface area contributed by atoms with Gasteiger partial charge >= 0.3 is 0 Å². The summed E-state index contributed by atoms with van der Waals surface area (Å²) >= 11 is 0. The van der Waals surface area contributed by atoms with Crippen LogP contribution in [0.3, 0.4) is 0 Å². The smallest absolute Gasteiger partial charge is 0.292 e. The fourth-order valence-corrected chi connectivity index (χ4v) is 3.54. The number of nitrogens with zero attached hydrogens (tertiary/aromatic N) is 5. The van der Waals surface area contributed by atoms with Crippen molar-refractivity contribution >= 4 is 12.4 Å². The molecule has 1 fully saturated rings. The first-order chi connectivity index (χ1) is 12.5. The molecule has 1 saturated heterocycles. The zero-order valence-electron chi connectivity index (χ0n) is 14.7. The number of likely N-dealkylation sites (tertiary alicyclic amines) is 1. The minimum absolute atomic E-state index is 0.0481. The Hall–Kier alpha value is -2.88. The third kappa shape index (κ3) is 3.15. The van der Waals surface area contributed by atoms with Gasteiger partial charge in [-0.1, -0.05) is 0 Å². The van der Waals surface area contributed by atoms with Gasteiger partial charge in [0.1, 0.15) is 5.82 Å². The lowest BCUT2D eigenvalue weighted by atomic mass is 9.94. The molecule has 2 aliphatic rings. The van der Waals surface area contributed by atoms with E-state index in [1.165, 1.54) is 13.2 Å². The van der Waals surface area contributed by atoms with Crippen molar-refractivity contribution in [3.8, 4) is 5.88 Å². The highest BCUT2D eigenvalue weighted by atomic mass is 16.5. The summed E-state index contributed by atoms with van der Waals surface area (Å²) in [5.41, 5.74) is -0.0481. The van der Waals surface area contributed by atoms with Crippen LogP contribution in [0.5, 0.6) is 5.88 Å². The highest BCUT2D eigenvalue weighted by molar-refractivity contribution is 5.92. The zero-order chi connectivity index (χ0) is 18.7. The van der Waals surface area contributed by atoms with Crippen LogP contribution in [0.1, 0.15) is 22.8 Å². The molecule has 1 amide bonds. The van der Waals surface area contributed by atoms with Gasteiger partial charge in [0, 0.05) is 32.0 Å². The first-order valence-electron chi connectivity index (χ1n) is 8.12. The van der Waals surface area contributed by atoms with Crippen LogP contribution in [-0.4, -0.2) is 74.8 Å². The lowest BCUT2D eigenvalue weighted by Crippen LogP contribution is -2.54. The number of carboxylic acid groups (broad SMARTS) is 1. The van der Waals surface area contributed by atoms with E-state index < -0.39 is 0 Å². The maximum absolute atomic E-state index is 12.6. The van der Waals surface area contributed by atoms with Gasteiger partial charge in [0.05, 0.1) is 25.3 Å². The van der Waals surface area contributed by atoms with Gasteiger partial charge in [0.2, 0.25) is 5.76 Å². The first-order valence-corrected chi connectivity index (χ1v) is 8.12. The summed E-state index contributed by atoms with van der Waals surface area (Å²) in [7, 11) is 3.60. The van der Waals surface area contributed by atoms with E-state index >= 15 is 0 Å². The third-order valence-corrected chi connectivity index (χ3v) is 4.98. The molecule has 1 unspecified atom stereocenters. The van der Waals surface area contributed by atoms with Crippen LogP contribution >= 0.6 is 0 Å². The molecule has 0 saturated carbocycles. The third-order valence-electron chi connectivity index (χ3n) is 4.98. The molecule has 4 heterocycles. The highest BCUT2D eigenvalue weighted by Crippen LogP contribution is 2.34. The molecule has 1 spiro atoms. The van der Waals surface area contributed by atoms with Gasteiger partial charge in [-0.2, -0.15) is 0 Å². The summed E-state index contributed by atoms with van der Waals surface area (Å²) in [5.74, 6) is 1.48. The molecule has 140 valence electrons. The fourth-order valence-electron chi connectivity index (χ4n) is 3.54. The summed E-state index contributed by atoms with van der Waals surface area (Å²) in [6.45, 7) is 2.77. The van der Waals surface area contributed by atoms with E-state index in [1.807, 2.05) is 17.3 Å². The standard InChI is InChI=1S/C15H19N5O3.CH2O2/c1-18-8-12-16-4-6-19(12)9-15(18)3-5-20(10-15)14(21)11-7-13(22-2)17-23-11;2-1-3/h4,6-7H,3,5,8-10H2,1-2H3;1H,(H,2,3). The van der Waals surface area contributed by atoms with Crippen molar-refractivity contribution in [2.24, 2.45) is 0 Å². The minimum Gasteiger partial charge on any atom is -0.483 e. The topological polar surface area (TPSA) is 114 Å². The molecule has 2 aliphatic heterocycles. The summed E-state index contributed by atoms with van der Waals surface area (Å²) in [4.78, 5) is 29.5. The number of hydrogen-bond donors (Lipinski definition) is 1. The summed E-state index contributed by atoms with van der Waals surface area (Å²) in [6.07, 6.45) is 4.77. The molecule has 1 atom stereocenters. The molecule has 0 aliphatic carbocycles. The first kappa shape index (κ1) is 17.9.